The molecule has 2 heterocycles. The van der Waals surface area contributed by atoms with Gasteiger partial charge in [0.2, 0.25) is 10.0 Å². The van der Waals surface area contributed by atoms with Crippen LogP contribution >= 0.6 is 0 Å². The average molecular weight is 329 g/mol. The Morgan fingerprint density at radius 3 is 2.50 bits per heavy atom. The van der Waals surface area contributed by atoms with Crippen LogP contribution in [0.4, 0.5) is 0 Å². The lowest BCUT2D eigenvalue weighted by Crippen LogP contribution is -2.47. The Balaban J connectivity index is 2.38. The molecule has 9 heteroatoms. The van der Waals surface area contributed by atoms with Gasteiger partial charge in [-0.25, -0.2) is 8.42 Å². The van der Waals surface area contributed by atoms with Gasteiger partial charge in [-0.15, -0.1) is 0 Å². The van der Waals surface area contributed by atoms with Crippen molar-refractivity contribution in [2.45, 2.75) is 30.7 Å². The molecule has 2 unspecified atom stereocenters. The summed E-state index contributed by atoms with van der Waals surface area (Å²) in [6, 6.07) is 0.923. The molecule has 1 aliphatic rings. The van der Waals surface area contributed by atoms with E-state index in [9.17, 15) is 18.0 Å². The Kier molecular flexibility index (Phi) is 4.30. The number of nitrogens with zero attached hydrogens (tertiary/aromatic N) is 2. The molecule has 0 radical (unpaired) electrons. The highest BCUT2D eigenvalue weighted by atomic mass is 32.2. The second-order valence-corrected chi connectivity index (χ2v) is 7.46. The van der Waals surface area contributed by atoms with Crippen LogP contribution in [0.15, 0.2) is 17.2 Å². The molecule has 122 valence electrons. The molecule has 0 bridgehead atoms. The van der Waals surface area contributed by atoms with Gasteiger partial charge in [-0.3, -0.25) is 9.59 Å². The molecule has 22 heavy (non-hydrogen) atoms. The number of aromatic nitrogens is 1. The summed E-state index contributed by atoms with van der Waals surface area (Å²) in [6.07, 6.45) is 2.24. The first-order valence-electron chi connectivity index (χ1n) is 6.85. The van der Waals surface area contributed by atoms with Crippen LogP contribution in [0.5, 0.6) is 0 Å². The summed E-state index contributed by atoms with van der Waals surface area (Å²) in [6.45, 7) is 1.67. The molecule has 0 saturated carbocycles. The lowest BCUT2D eigenvalue weighted by Gasteiger charge is -2.35. The average Bonchev–Trinajstić information content (AvgIpc) is 2.81. The van der Waals surface area contributed by atoms with Crippen molar-refractivity contribution in [1.82, 2.24) is 8.87 Å². The topological polar surface area (TPSA) is 123 Å². The first-order valence-corrected chi connectivity index (χ1v) is 8.29. The molecule has 8 nitrogen and oxygen atoms in total. The van der Waals surface area contributed by atoms with E-state index in [0.717, 1.165) is 0 Å². The summed E-state index contributed by atoms with van der Waals surface area (Å²) < 4.78 is 28.0. The fraction of sp³-hybridized carbons (Fsp3) is 0.538. The molecule has 1 aliphatic heterocycles. The first kappa shape index (κ1) is 16.5. The predicted octanol–water partition coefficient (Wildman–Crippen LogP) is -0.00220. The molecular weight excluding hydrogens is 310 g/mol. The van der Waals surface area contributed by atoms with E-state index >= 15 is 0 Å². The van der Waals surface area contributed by atoms with Crippen molar-refractivity contribution in [2.75, 3.05) is 6.54 Å². The van der Waals surface area contributed by atoms with Gasteiger partial charge in [-0.2, -0.15) is 4.31 Å². The number of nitrogens with two attached hydrogens (primary N) is 1. The number of carbonyl (C=O) groups is 2. The van der Waals surface area contributed by atoms with E-state index in [0.29, 0.717) is 12.8 Å². The molecular formula is C13H19N3O5S. The fourth-order valence-electron chi connectivity index (χ4n) is 2.67. The van der Waals surface area contributed by atoms with Crippen molar-refractivity contribution in [2.24, 2.45) is 18.7 Å². The predicted molar refractivity (Wildman–Crippen MR) is 77.6 cm³/mol. The van der Waals surface area contributed by atoms with Crippen LogP contribution in [-0.4, -0.2) is 46.9 Å². The summed E-state index contributed by atoms with van der Waals surface area (Å²) in [5.74, 6) is -2.44. The number of hydrogen-bond donors (Lipinski definition) is 2. The zero-order chi connectivity index (χ0) is 16.7. The molecule has 0 aliphatic carbocycles. The van der Waals surface area contributed by atoms with E-state index < -0.39 is 27.8 Å². The van der Waals surface area contributed by atoms with Crippen LogP contribution in [-0.2, 0) is 21.9 Å². The molecule has 2 atom stereocenters. The van der Waals surface area contributed by atoms with E-state index in [4.69, 9.17) is 10.8 Å². The smallest absolute Gasteiger partial charge is 0.307 e. The molecule has 0 spiro atoms. The zero-order valence-corrected chi connectivity index (χ0v) is 13.2. The van der Waals surface area contributed by atoms with Crippen molar-refractivity contribution < 1.29 is 23.1 Å². The van der Waals surface area contributed by atoms with Crippen molar-refractivity contribution in [3.63, 3.8) is 0 Å². The van der Waals surface area contributed by atoms with Crippen molar-refractivity contribution in [3.05, 3.63) is 18.0 Å². The highest BCUT2D eigenvalue weighted by molar-refractivity contribution is 7.89. The lowest BCUT2D eigenvalue weighted by molar-refractivity contribution is -0.143. The normalized spacial score (nSPS) is 23.4. The number of carboxylic acid groups (broad SMARTS) is 1. The third-order valence-corrected chi connectivity index (χ3v) is 5.96. The molecule has 3 N–H and O–H groups in total. The van der Waals surface area contributed by atoms with Gasteiger partial charge in [-0.1, -0.05) is 0 Å². The van der Waals surface area contributed by atoms with Gasteiger partial charge in [0, 0.05) is 25.8 Å². The maximum Gasteiger partial charge on any atom is 0.307 e. The second kappa shape index (κ2) is 5.73. The van der Waals surface area contributed by atoms with Gasteiger partial charge in [0.1, 0.15) is 10.6 Å². The van der Waals surface area contributed by atoms with E-state index in [1.807, 2.05) is 0 Å². The zero-order valence-electron chi connectivity index (χ0n) is 12.4. The number of sulfonamides is 1. The van der Waals surface area contributed by atoms with Gasteiger partial charge in [0.15, 0.2) is 0 Å². The lowest BCUT2D eigenvalue weighted by atomic mass is 9.96. The van der Waals surface area contributed by atoms with Gasteiger partial charge in [0.25, 0.3) is 5.91 Å². The van der Waals surface area contributed by atoms with Crippen molar-refractivity contribution in [3.8, 4) is 0 Å². The monoisotopic (exact) mass is 329 g/mol. The number of piperidine rings is 1. The van der Waals surface area contributed by atoms with Gasteiger partial charge < -0.3 is 15.4 Å². The van der Waals surface area contributed by atoms with E-state index in [2.05, 4.69) is 0 Å². The number of hydrogen-bond acceptors (Lipinski definition) is 4. The Morgan fingerprint density at radius 2 is 2.00 bits per heavy atom. The van der Waals surface area contributed by atoms with E-state index in [1.165, 1.54) is 28.2 Å². The number of amides is 1. The molecule has 1 saturated heterocycles. The highest BCUT2D eigenvalue weighted by Crippen LogP contribution is 2.29. The SMILES string of the molecule is CC1CCC(C(=O)O)CN1S(=O)(=O)c1cc(C(N)=O)n(C)c1. The van der Waals surface area contributed by atoms with Crippen LogP contribution in [0.25, 0.3) is 0 Å². The van der Waals surface area contributed by atoms with E-state index in [1.54, 1.807) is 6.92 Å². The molecule has 1 amide bonds. The highest BCUT2D eigenvalue weighted by Gasteiger charge is 2.38. The summed E-state index contributed by atoms with van der Waals surface area (Å²) in [5.41, 5.74) is 5.27. The van der Waals surface area contributed by atoms with Crippen LogP contribution in [0.1, 0.15) is 30.3 Å². The molecule has 0 aromatic carbocycles. The van der Waals surface area contributed by atoms with Gasteiger partial charge in [0.05, 0.1) is 5.92 Å². The Hall–Kier alpha value is -1.87. The minimum Gasteiger partial charge on any atom is -0.481 e. The number of aliphatic carboxylic acids is 1. The fourth-order valence-corrected chi connectivity index (χ4v) is 4.45. The van der Waals surface area contributed by atoms with E-state index in [-0.39, 0.29) is 23.2 Å². The molecule has 1 aromatic heterocycles. The third kappa shape index (κ3) is 2.86. The Labute approximate surface area is 128 Å². The summed E-state index contributed by atoms with van der Waals surface area (Å²) in [4.78, 5) is 22.3. The number of carboxylic acids is 1. The van der Waals surface area contributed by atoms with Crippen LogP contribution < -0.4 is 5.73 Å². The summed E-state index contributed by atoms with van der Waals surface area (Å²) in [7, 11) is -2.34. The quantitative estimate of drug-likeness (QED) is 0.805. The maximum atomic E-state index is 12.7. The largest absolute Gasteiger partial charge is 0.481 e. The standard InChI is InChI=1S/C13H19N3O5S/c1-8-3-4-9(13(18)19)6-16(8)22(20,21)10-5-11(12(14)17)15(2)7-10/h5,7-9H,3-4,6H2,1-2H3,(H2,14,17)(H,18,19). The van der Waals surface area contributed by atoms with Crippen molar-refractivity contribution >= 4 is 21.9 Å². The Morgan fingerprint density at radius 1 is 1.36 bits per heavy atom. The minimum absolute atomic E-state index is 0.0540. The summed E-state index contributed by atoms with van der Waals surface area (Å²) >= 11 is 0. The number of primary amides is 1. The molecule has 1 aromatic rings. The van der Waals surface area contributed by atoms with Crippen molar-refractivity contribution in [1.29, 1.82) is 0 Å². The number of carbonyl (C=O) groups excluding carboxylic acids is 1. The molecule has 1 fully saturated rings. The van der Waals surface area contributed by atoms with Crippen LogP contribution in [0.2, 0.25) is 0 Å². The minimum atomic E-state index is -3.87. The van der Waals surface area contributed by atoms with Crippen LogP contribution in [0, 0.1) is 5.92 Å². The first-order chi connectivity index (χ1) is 10.1. The summed E-state index contributed by atoms with van der Waals surface area (Å²) in [5, 5.41) is 9.11. The Bertz CT molecular complexity index is 709. The van der Waals surface area contributed by atoms with Gasteiger partial charge >= 0.3 is 5.97 Å². The van der Waals surface area contributed by atoms with Crippen LogP contribution in [0.3, 0.4) is 0 Å². The third-order valence-electron chi connectivity index (χ3n) is 4.01. The second-order valence-electron chi connectivity index (χ2n) is 5.57. The maximum absolute atomic E-state index is 12.7. The number of aryl methyl sites for hydroxylation is 1. The van der Waals surface area contributed by atoms with Gasteiger partial charge in [-0.05, 0) is 25.8 Å². The molecule has 2 rings (SSSR count). The number of rotatable bonds is 4.